The molecule has 2 heterocycles. The number of nitrogens with two attached hydrogens (primary N) is 1. The van der Waals surface area contributed by atoms with Gasteiger partial charge in [-0.3, -0.25) is 0 Å². The van der Waals surface area contributed by atoms with Crippen LogP contribution in [0.5, 0.6) is 0 Å². The molecule has 2 N–H and O–H groups in total. The third-order valence-corrected chi connectivity index (χ3v) is 3.05. The number of pyridine rings is 1. The van der Waals surface area contributed by atoms with E-state index in [0.29, 0.717) is 11.7 Å². The van der Waals surface area contributed by atoms with Gasteiger partial charge in [-0.15, -0.1) is 0 Å². The first-order valence-corrected chi connectivity index (χ1v) is 5.75. The first-order valence-electron chi connectivity index (χ1n) is 5.75. The van der Waals surface area contributed by atoms with Crippen molar-refractivity contribution in [3.8, 4) is 0 Å². The first kappa shape index (κ1) is 11.2. The van der Waals surface area contributed by atoms with Crippen molar-refractivity contribution in [3.63, 3.8) is 0 Å². The van der Waals surface area contributed by atoms with E-state index in [1.165, 1.54) is 18.5 Å². The van der Waals surface area contributed by atoms with Crippen molar-refractivity contribution in [1.82, 2.24) is 4.98 Å². The number of rotatable bonds is 3. The Hall–Kier alpha value is -1.29. The Kier molecular flexibility index (Phi) is 3.62. The lowest BCUT2D eigenvalue weighted by Crippen LogP contribution is -2.37. The Labute approximate surface area is 96.4 Å². The molecule has 1 aliphatic rings. The van der Waals surface area contributed by atoms with E-state index in [1.807, 2.05) is 12.1 Å². The number of hydrogen-bond acceptors (Lipinski definition) is 4. The maximum absolute atomic E-state index is 5.70. The highest BCUT2D eigenvalue weighted by molar-refractivity contribution is 5.52. The molecule has 2 rings (SSSR count). The van der Waals surface area contributed by atoms with Crippen molar-refractivity contribution in [2.75, 3.05) is 37.4 Å². The number of piperidine rings is 1. The van der Waals surface area contributed by atoms with Crippen LogP contribution >= 0.6 is 0 Å². The van der Waals surface area contributed by atoms with E-state index >= 15 is 0 Å². The Bertz CT molecular complexity index is 341. The Morgan fingerprint density at radius 1 is 1.62 bits per heavy atom. The topological polar surface area (TPSA) is 51.4 Å². The largest absolute Gasteiger partial charge is 0.384 e. The zero-order chi connectivity index (χ0) is 11.4. The van der Waals surface area contributed by atoms with Crippen LogP contribution in [0.25, 0.3) is 0 Å². The van der Waals surface area contributed by atoms with Crippen molar-refractivity contribution in [1.29, 1.82) is 0 Å². The Morgan fingerprint density at radius 3 is 3.25 bits per heavy atom. The molecule has 88 valence electrons. The van der Waals surface area contributed by atoms with Crippen LogP contribution in [-0.4, -0.2) is 31.8 Å². The fraction of sp³-hybridized carbons (Fsp3) is 0.583. The van der Waals surface area contributed by atoms with Gasteiger partial charge in [-0.2, -0.15) is 0 Å². The number of nitrogen functional groups attached to an aromatic ring is 1. The van der Waals surface area contributed by atoms with E-state index in [2.05, 4.69) is 9.88 Å². The maximum Gasteiger partial charge on any atom is 0.125 e. The molecular weight excluding hydrogens is 202 g/mol. The number of hydrogen-bond donors (Lipinski definition) is 1. The van der Waals surface area contributed by atoms with Crippen LogP contribution in [0.4, 0.5) is 11.5 Å². The summed E-state index contributed by atoms with van der Waals surface area (Å²) in [6, 6.07) is 3.96. The van der Waals surface area contributed by atoms with Crippen molar-refractivity contribution in [2.45, 2.75) is 12.8 Å². The smallest absolute Gasteiger partial charge is 0.125 e. The number of methoxy groups -OCH3 is 1. The van der Waals surface area contributed by atoms with E-state index in [4.69, 9.17) is 10.5 Å². The summed E-state index contributed by atoms with van der Waals surface area (Å²) in [6.07, 6.45) is 4.24. The summed E-state index contributed by atoms with van der Waals surface area (Å²) < 4.78 is 5.23. The molecule has 0 aliphatic carbocycles. The SMILES string of the molecule is COCC1CCCN(c2ccnc(N)c2)C1. The summed E-state index contributed by atoms with van der Waals surface area (Å²) in [7, 11) is 1.77. The fourth-order valence-electron chi connectivity index (χ4n) is 2.30. The molecule has 1 aliphatic heterocycles. The van der Waals surface area contributed by atoms with Crippen molar-refractivity contribution in [2.24, 2.45) is 5.92 Å². The molecule has 0 radical (unpaired) electrons. The highest BCUT2D eigenvalue weighted by Crippen LogP contribution is 2.23. The second-order valence-corrected chi connectivity index (χ2v) is 4.35. The van der Waals surface area contributed by atoms with E-state index in [9.17, 15) is 0 Å². The van der Waals surface area contributed by atoms with Gasteiger partial charge in [-0.05, 0) is 24.8 Å². The van der Waals surface area contributed by atoms with Crippen LogP contribution in [-0.2, 0) is 4.74 Å². The summed E-state index contributed by atoms with van der Waals surface area (Å²) in [5.74, 6) is 1.22. The monoisotopic (exact) mass is 221 g/mol. The molecular formula is C12H19N3O. The zero-order valence-corrected chi connectivity index (χ0v) is 9.72. The number of nitrogens with zero attached hydrogens (tertiary/aromatic N) is 2. The van der Waals surface area contributed by atoms with Gasteiger partial charge in [0.25, 0.3) is 0 Å². The number of anilines is 2. The van der Waals surface area contributed by atoms with Crippen LogP contribution in [0.2, 0.25) is 0 Å². The van der Waals surface area contributed by atoms with Gasteiger partial charge in [-0.25, -0.2) is 4.98 Å². The van der Waals surface area contributed by atoms with Gasteiger partial charge >= 0.3 is 0 Å². The second-order valence-electron chi connectivity index (χ2n) is 4.35. The summed E-state index contributed by atoms with van der Waals surface area (Å²) in [6.45, 7) is 3.00. The molecule has 4 nitrogen and oxygen atoms in total. The second kappa shape index (κ2) is 5.16. The molecule has 4 heteroatoms. The predicted octanol–water partition coefficient (Wildman–Crippen LogP) is 1.53. The van der Waals surface area contributed by atoms with Crippen LogP contribution < -0.4 is 10.6 Å². The van der Waals surface area contributed by atoms with Crippen molar-refractivity contribution >= 4 is 11.5 Å². The van der Waals surface area contributed by atoms with Crippen LogP contribution in [0.3, 0.4) is 0 Å². The van der Waals surface area contributed by atoms with Crippen LogP contribution in [0.1, 0.15) is 12.8 Å². The van der Waals surface area contributed by atoms with E-state index in [1.54, 1.807) is 13.3 Å². The molecule has 1 atom stereocenters. The van der Waals surface area contributed by atoms with Gasteiger partial charge in [0.2, 0.25) is 0 Å². The van der Waals surface area contributed by atoms with Gasteiger partial charge < -0.3 is 15.4 Å². The van der Waals surface area contributed by atoms with Gasteiger partial charge in [0.15, 0.2) is 0 Å². The normalized spacial score (nSPS) is 21.1. The molecule has 0 saturated carbocycles. The lowest BCUT2D eigenvalue weighted by Gasteiger charge is -2.34. The standard InChI is InChI=1S/C12H19N3O/c1-16-9-10-3-2-6-15(8-10)11-4-5-14-12(13)7-11/h4-5,7,10H,2-3,6,8-9H2,1H3,(H2,13,14). The number of aromatic nitrogens is 1. The molecule has 1 aromatic rings. The minimum Gasteiger partial charge on any atom is -0.384 e. The lowest BCUT2D eigenvalue weighted by molar-refractivity contribution is 0.143. The van der Waals surface area contributed by atoms with Gasteiger partial charge in [0, 0.05) is 38.1 Å². The Balaban J connectivity index is 2.03. The maximum atomic E-state index is 5.70. The molecule has 0 aromatic carbocycles. The molecule has 1 fully saturated rings. The van der Waals surface area contributed by atoms with E-state index in [-0.39, 0.29) is 0 Å². The summed E-state index contributed by atoms with van der Waals surface area (Å²) in [5.41, 5.74) is 6.87. The van der Waals surface area contributed by atoms with Gasteiger partial charge in [-0.1, -0.05) is 0 Å². The third-order valence-electron chi connectivity index (χ3n) is 3.05. The summed E-state index contributed by atoms with van der Waals surface area (Å²) in [5, 5.41) is 0. The quantitative estimate of drug-likeness (QED) is 0.841. The highest BCUT2D eigenvalue weighted by Gasteiger charge is 2.20. The summed E-state index contributed by atoms with van der Waals surface area (Å²) in [4.78, 5) is 6.38. The van der Waals surface area contributed by atoms with Gasteiger partial charge in [0.1, 0.15) is 5.82 Å². The fourth-order valence-corrected chi connectivity index (χ4v) is 2.30. The average Bonchev–Trinajstić information content (AvgIpc) is 2.30. The van der Waals surface area contributed by atoms with Crippen LogP contribution in [0.15, 0.2) is 18.3 Å². The predicted molar refractivity (Wildman–Crippen MR) is 65.5 cm³/mol. The molecule has 1 unspecified atom stereocenters. The number of ether oxygens (including phenoxy) is 1. The molecule has 0 spiro atoms. The zero-order valence-electron chi connectivity index (χ0n) is 9.72. The lowest BCUT2D eigenvalue weighted by atomic mass is 9.98. The van der Waals surface area contributed by atoms with Crippen LogP contribution in [0, 0.1) is 5.92 Å². The molecule has 0 bridgehead atoms. The van der Waals surface area contributed by atoms with E-state index in [0.717, 1.165) is 19.7 Å². The van der Waals surface area contributed by atoms with E-state index < -0.39 is 0 Å². The minimum atomic E-state index is 0.589. The molecule has 1 aromatic heterocycles. The summed E-state index contributed by atoms with van der Waals surface area (Å²) >= 11 is 0. The minimum absolute atomic E-state index is 0.589. The Morgan fingerprint density at radius 2 is 2.50 bits per heavy atom. The highest BCUT2D eigenvalue weighted by atomic mass is 16.5. The van der Waals surface area contributed by atoms with Gasteiger partial charge in [0.05, 0.1) is 6.61 Å². The third kappa shape index (κ3) is 2.64. The van der Waals surface area contributed by atoms with Crippen molar-refractivity contribution in [3.05, 3.63) is 18.3 Å². The first-order chi connectivity index (χ1) is 7.79. The molecule has 1 saturated heterocycles. The average molecular weight is 221 g/mol. The molecule has 0 amide bonds. The van der Waals surface area contributed by atoms with Crippen molar-refractivity contribution < 1.29 is 4.74 Å². The molecule has 16 heavy (non-hydrogen) atoms.